The number of hydrogen-bond acceptors (Lipinski definition) is 5. The van der Waals surface area contributed by atoms with Crippen LogP contribution in [0.1, 0.15) is 22.5 Å². The summed E-state index contributed by atoms with van der Waals surface area (Å²) >= 11 is 0. The van der Waals surface area contributed by atoms with Crippen molar-refractivity contribution in [2.75, 3.05) is 13.3 Å². The summed E-state index contributed by atoms with van der Waals surface area (Å²) in [5.41, 5.74) is 4.88. The number of nitrogens with zero attached hydrogens (tertiary/aromatic N) is 5. The van der Waals surface area contributed by atoms with E-state index in [1.165, 1.54) is 11.1 Å². The van der Waals surface area contributed by atoms with Crippen molar-refractivity contribution >= 4 is 0 Å². The van der Waals surface area contributed by atoms with E-state index in [-0.39, 0.29) is 0 Å². The van der Waals surface area contributed by atoms with Gasteiger partial charge in [0, 0.05) is 37.9 Å². The smallest absolute Gasteiger partial charge is 0.0901 e. The Balaban J connectivity index is 1.08. The Morgan fingerprint density at radius 3 is 1.65 bits per heavy atom. The minimum absolute atomic E-state index is 0.814. The van der Waals surface area contributed by atoms with Crippen LogP contribution in [0.15, 0.2) is 91.5 Å². The van der Waals surface area contributed by atoms with E-state index in [9.17, 15) is 0 Å². The first-order valence-electron chi connectivity index (χ1n) is 10.7. The molecule has 31 heavy (non-hydrogen) atoms. The van der Waals surface area contributed by atoms with Crippen molar-refractivity contribution in [1.82, 2.24) is 29.8 Å². The molecule has 0 amide bonds. The van der Waals surface area contributed by atoms with Gasteiger partial charge in [-0.25, -0.2) is 0 Å². The van der Waals surface area contributed by atoms with E-state index in [2.05, 4.69) is 121 Å². The summed E-state index contributed by atoms with van der Waals surface area (Å²) in [6.07, 6.45) is 8.65. The van der Waals surface area contributed by atoms with Crippen molar-refractivity contribution in [2.24, 2.45) is 0 Å². The molecular formula is C25H28N6. The van der Waals surface area contributed by atoms with Gasteiger partial charge in [0.1, 0.15) is 0 Å². The van der Waals surface area contributed by atoms with Crippen LogP contribution in [0.25, 0.3) is 0 Å². The zero-order chi connectivity index (χ0) is 20.9. The molecule has 3 aromatic rings. The van der Waals surface area contributed by atoms with E-state index in [0.717, 1.165) is 50.9 Å². The monoisotopic (exact) mass is 412 g/mol. The van der Waals surface area contributed by atoms with Gasteiger partial charge in [-0.15, -0.1) is 0 Å². The summed E-state index contributed by atoms with van der Waals surface area (Å²) in [5.74, 6) is 0. The molecular weight excluding hydrogens is 384 g/mol. The molecule has 0 unspecified atom stereocenters. The number of aromatic amines is 1. The number of hydrogen-bond donors (Lipinski definition) is 1. The Labute approximate surface area is 183 Å². The number of aromatic nitrogens is 2. The SMILES string of the molecule is C1=CN(Cc2cc(CN3C=CN(Cc4ccccc4)C3)[nH]n2)CN1Cc1ccccc1. The number of nitrogens with one attached hydrogen (secondary N) is 1. The first-order valence-corrected chi connectivity index (χ1v) is 10.7. The molecule has 0 radical (unpaired) electrons. The maximum Gasteiger partial charge on any atom is 0.0901 e. The van der Waals surface area contributed by atoms with Crippen LogP contribution >= 0.6 is 0 Å². The second-order valence-corrected chi connectivity index (χ2v) is 8.22. The molecule has 2 aliphatic heterocycles. The highest BCUT2D eigenvalue weighted by atomic mass is 15.4. The van der Waals surface area contributed by atoms with Crippen LogP contribution in [0.3, 0.4) is 0 Å². The van der Waals surface area contributed by atoms with Gasteiger partial charge in [-0.3, -0.25) is 5.10 Å². The second kappa shape index (κ2) is 9.00. The molecule has 2 aromatic carbocycles. The van der Waals surface area contributed by atoms with Crippen LogP contribution in [-0.4, -0.2) is 43.1 Å². The van der Waals surface area contributed by atoms with Crippen molar-refractivity contribution < 1.29 is 0 Å². The molecule has 0 saturated carbocycles. The zero-order valence-electron chi connectivity index (χ0n) is 17.6. The summed E-state index contributed by atoms with van der Waals surface area (Å²) in [6, 6.07) is 23.4. The molecule has 0 spiro atoms. The van der Waals surface area contributed by atoms with E-state index >= 15 is 0 Å². The molecule has 0 aliphatic carbocycles. The van der Waals surface area contributed by atoms with Crippen LogP contribution in [0, 0.1) is 0 Å². The third-order valence-corrected chi connectivity index (χ3v) is 5.58. The average molecular weight is 413 g/mol. The molecule has 0 fully saturated rings. The Bertz CT molecular complexity index is 944. The molecule has 6 heteroatoms. The van der Waals surface area contributed by atoms with Crippen LogP contribution in [-0.2, 0) is 26.2 Å². The fourth-order valence-electron chi connectivity index (χ4n) is 4.08. The first kappa shape index (κ1) is 19.3. The lowest BCUT2D eigenvalue weighted by Crippen LogP contribution is -2.25. The first-order chi connectivity index (χ1) is 15.3. The normalized spacial score (nSPS) is 15.5. The van der Waals surface area contributed by atoms with E-state index in [4.69, 9.17) is 0 Å². The van der Waals surface area contributed by atoms with Gasteiger partial charge in [-0.2, -0.15) is 5.10 Å². The van der Waals surface area contributed by atoms with Crippen molar-refractivity contribution in [3.05, 3.63) is 114 Å². The van der Waals surface area contributed by atoms with Gasteiger partial charge in [0.25, 0.3) is 0 Å². The largest absolute Gasteiger partial charge is 0.354 e. The fraction of sp³-hybridized carbons (Fsp3) is 0.240. The van der Waals surface area contributed by atoms with E-state index in [1.807, 2.05) is 0 Å². The van der Waals surface area contributed by atoms with E-state index in [1.54, 1.807) is 0 Å². The van der Waals surface area contributed by atoms with Gasteiger partial charge in [0.2, 0.25) is 0 Å². The third-order valence-electron chi connectivity index (χ3n) is 5.58. The van der Waals surface area contributed by atoms with Crippen LogP contribution in [0.4, 0.5) is 0 Å². The predicted molar refractivity (Wildman–Crippen MR) is 122 cm³/mol. The Hall–Kier alpha value is -3.67. The van der Waals surface area contributed by atoms with Gasteiger partial charge < -0.3 is 19.6 Å². The molecule has 1 aromatic heterocycles. The summed E-state index contributed by atoms with van der Waals surface area (Å²) in [6.45, 7) is 5.30. The quantitative estimate of drug-likeness (QED) is 0.608. The van der Waals surface area contributed by atoms with Gasteiger partial charge in [0.15, 0.2) is 0 Å². The summed E-state index contributed by atoms with van der Waals surface area (Å²) < 4.78 is 0. The molecule has 0 bridgehead atoms. The molecule has 1 N–H and O–H groups in total. The molecule has 158 valence electrons. The zero-order valence-corrected chi connectivity index (χ0v) is 17.6. The Kier molecular flexibility index (Phi) is 5.60. The Morgan fingerprint density at radius 1 is 0.613 bits per heavy atom. The number of benzene rings is 2. The highest BCUT2D eigenvalue weighted by Crippen LogP contribution is 2.17. The highest BCUT2D eigenvalue weighted by Gasteiger charge is 2.16. The van der Waals surface area contributed by atoms with Crippen LogP contribution < -0.4 is 0 Å². The number of H-pyrrole nitrogens is 1. The minimum atomic E-state index is 0.814. The maximum absolute atomic E-state index is 4.53. The van der Waals surface area contributed by atoms with Crippen molar-refractivity contribution in [3.63, 3.8) is 0 Å². The van der Waals surface area contributed by atoms with Gasteiger partial charge in [0.05, 0.1) is 37.8 Å². The number of rotatable bonds is 8. The second-order valence-electron chi connectivity index (χ2n) is 8.22. The molecule has 3 heterocycles. The van der Waals surface area contributed by atoms with Crippen molar-refractivity contribution in [3.8, 4) is 0 Å². The van der Waals surface area contributed by atoms with Gasteiger partial charge in [-0.05, 0) is 17.2 Å². The summed E-state index contributed by atoms with van der Waals surface area (Å²) in [5, 5.41) is 7.75. The molecule has 6 nitrogen and oxygen atoms in total. The lowest BCUT2D eigenvalue weighted by molar-refractivity contribution is 0.252. The summed E-state index contributed by atoms with van der Waals surface area (Å²) in [4.78, 5) is 9.24. The average Bonchev–Trinajstić information content (AvgIpc) is 3.53. The van der Waals surface area contributed by atoms with E-state index < -0.39 is 0 Å². The van der Waals surface area contributed by atoms with Crippen molar-refractivity contribution in [2.45, 2.75) is 26.2 Å². The minimum Gasteiger partial charge on any atom is -0.354 e. The summed E-state index contributed by atoms with van der Waals surface area (Å²) in [7, 11) is 0. The lowest BCUT2D eigenvalue weighted by Gasteiger charge is -2.21. The fourth-order valence-corrected chi connectivity index (χ4v) is 4.08. The van der Waals surface area contributed by atoms with Gasteiger partial charge >= 0.3 is 0 Å². The van der Waals surface area contributed by atoms with E-state index in [0.29, 0.717) is 0 Å². The highest BCUT2D eigenvalue weighted by molar-refractivity contribution is 5.17. The Morgan fingerprint density at radius 2 is 1.10 bits per heavy atom. The van der Waals surface area contributed by atoms with Gasteiger partial charge in [-0.1, -0.05) is 60.7 Å². The third kappa shape index (κ3) is 5.09. The van der Waals surface area contributed by atoms with Crippen LogP contribution in [0.5, 0.6) is 0 Å². The topological polar surface area (TPSA) is 41.6 Å². The van der Waals surface area contributed by atoms with Crippen LogP contribution in [0.2, 0.25) is 0 Å². The maximum atomic E-state index is 4.53. The molecule has 5 rings (SSSR count). The van der Waals surface area contributed by atoms with Crippen molar-refractivity contribution in [1.29, 1.82) is 0 Å². The molecule has 0 saturated heterocycles. The lowest BCUT2D eigenvalue weighted by atomic mass is 10.2. The predicted octanol–water partition coefficient (Wildman–Crippen LogP) is 3.90. The standard InChI is InChI=1S/C25H28N6/c1-3-7-22(8-4-1)16-28-11-13-30(20-28)18-24-15-25(27-26-24)19-31-14-12-29(21-31)17-23-9-5-2-6-10-23/h1-15H,16-21H2,(H,26,27). The molecule has 2 aliphatic rings. The molecule has 0 atom stereocenters.